The van der Waals surface area contributed by atoms with Gasteiger partial charge in [0.25, 0.3) is 0 Å². The van der Waals surface area contributed by atoms with Crippen molar-refractivity contribution in [1.82, 2.24) is 15.1 Å². The second kappa shape index (κ2) is 8.05. The van der Waals surface area contributed by atoms with E-state index in [4.69, 9.17) is 14.2 Å². The van der Waals surface area contributed by atoms with E-state index in [1.807, 2.05) is 0 Å². The van der Waals surface area contributed by atoms with Crippen LogP contribution >= 0.6 is 0 Å². The molecule has 0 aliphatic carbocycles. The molecule has 1 aromatic rings. The van der Waals surface area contributed by atoms with E-state index in [1.165, 1.54) is 25.1 Å². The Balaban J connectivity index is 1.65. The Hall–Kier alpha value is -1.50. The van der Waals surface area contributed by atoms with Crippen LogP contribution in [0, 0.1) is 0 Å². The summed E-state index contributed by atoms with van der Waals surface area (Å²) < 4.78 is 16.3. The molecule has 6 heteroatoms. The lowest BCUT2D eigenvalue weighted by Gasteiger charge is -2.32. The van der Waals surface area contributed by atoms with Crippen LogP contribution in [0.25, 0.3) is 0 Å². The Kier molecular flexibility index (Phi) is 5.81. The highest BCUT2D eigenvalue weighted by molar-refractivity contribution is 5.53. The van der Waals surface area contributed by atoms with Gasteiger partial charge >= 0.3 is 0 Å². The highest BCUT2D eigenvalue weighted by atomic mass is 16.5. The first-order valence-corrected chi connectivity index (χ1v) is 8.71. The molecule has 1 unspecified atom stereocenters. The number of nitrogens with zero attached hydrogens (tertiary/aromatic N) is 2. The third-order valence-electron chi connectivity index (χ3n) is 5.05. The maximum atomic E-state index is 5.46. The van der Waals surface area contributed by atoms with Crippen LogP contribution in [-0.2, 0) is 6.54 Å². The zero-order valence-electron chi connectivity index (χ0n) is 15.0. The molecular weight excluding hydrogens is 306 g/mol. The highest BCUT2D eigenvalue weighted by Gasteiger charge is 2.28. The van der Waals surface area contributed by atoms with Crippen molar-refractivity contribution in [1.29, 1.82) is 0 Å². The number of ether oxygens (including phenoxy) is 3. The molecule has 0 spiro atoms. The van der Waals surface area contributed by atoms with Gasteiger partial charge < -0.3 is 19.5 Å². The average Bonchev–Trinajstić information content (AvgIpc) is 3.10. The Morgan fingerprint density at radius 2 is 1.67 bits per heavy atom. The maximum absolute atomic E-state index is 5.46. The predicted molar refractivity (Wildman–Crippen MR) is 94.2 cm³/mol. The topological polar surface area (TPSA) is 46.2 Å². The molecule has 1 aromatic carbocycles. The molecule has 3 rings (SSSR count). The summed E-state index contributed by atoms with van der Waals surface area (Å²) in [4.78, 5) is 5.15. The van der Waals surface area contributed by atoms with Gasteiger partial charge in [-0.15, -0.1) is 0 Å². The number of nitrogens with one attached hydrogen (secondary N) is 1. The number of likely N-dealkylation sites (tertiary alicyclic amines) is 1. The molecule has 0 saturated carbocycles. The third-order valence-corrected chi connectivity index (χ3v) is 5.05. The van der Waals surface area contributed by atoms with Crippen molar-refractivity contribution in [3.05, 3.63) is 17.7 Å². The van der Waals surface area contributed by atoms with Gasteiger partial charge in [0, 0.05) is 51.9 Å². The third kappa shape index (κ3) is 3.77. The zero-order valence-corrected chi connectivity index (χ0v) is 15.0. The summed E-state index contributed by atoms with van der Waals surface area (Å²) in [5.74, 6) is 2.11. The van der Waals surface area contributed by atoms with Gasteiger partial charge in [-0.3, -0.25) is 9.80 Å². The van der Waals surface area contributed by atoms with E-state index in [1.54, 1.807) is 21.3 Å². The van der Waals surface area contributed by atoms with Crippen LogP contribution in [0.4, 0.5) is 0 Å². The Morgan fingerprint density at radius 1 is 1.00 bits per heavy atom. The Labute approximate surface area is 144 Å². The van der Waals surface area contributed by atoms with Gasteiger partial charge in [-0.2, -0.15) is 0 Å². The van der Waals surface area contributed by atoms with Gasteiger partial charge in [-0.25, -0.2) is 0 Å². The second-order valence-corrected chi connectivity index (χ2v) is 6.50. The normalized spacial score (nSPS) is 22.5. The molecule has 2 aliphatic rings. The summed E-state index contributed by atoms with van der Waals surface area (Å²) >= 11 is 0. The van der Waals surface area contributed by atoms with Crippen molar-refractivity contribution in [3.63, 3.8) is 0 Å². The number of rotatable bonds is 6. The molecule has 0 bridgehead atoms. The van der Waals surface area contributed by atoms with Crippen LogP contribution in [0.15, 0.2) is 12.1 Å². The monoisotopic (exact) mass is 335 g/mol. The number of benzene rings is 1. The summed E-state index contributed by atoms with van der Waals surface area (Å²) in [6.07, 6.45) is 1.25. The molecule has 2 heterocycles. The van der Waals surface area contributed by atoms with E-state index in [0.29, 0.717) is 11.8 Å². The molecule has 6 nitrogen and oxygen atoms in total. The SMILES string of the molecule is COc1cc(CN2CCC(N3CCNCC3)C2)cc(OC)c1OC. The van der Waals surface area contributed by atoms with Gasteiger partial charge in [-0.1, -0.05) is 0 Å². The van der Waals surface area contributed by atoms with Gasteiger partial charge in [0.1, 0.15) is 0 Å². The van der Waals surface area contributed by atoms with Crippen LogP contribution in [0.5, 0.6) is 17.2 Å². The van der Waals surface area contributed by atoms with E-state index in [0.717, 1.165) is 44.2 Å². The van der Waals surface area contributed by atoms with E-state index < -0.39 is 0 Å². The lowest BCUT2D eigenvalue weighted by atomic mass is 10.1. The average molecular weight is 335 g/mol. The summed E-state index contributed by atoms with van der Waals surface area (Å²) in [5.41, 5.74) is 1.20. The largest absolute Gasteiger partial charge is 0.493 e. The van der Waals surface area contributed by atoms with Gasteiger partial charge in [0.15, 0.2) is 11.5 Å². The van der Waals surface area contributed by atoms with Gasteiger partial charge in [0.05, 0.1) is 21.3 Å². The van der Waals surface area contributed by atoms with E-state index in [2.05, 4.69) is 27.2 Å². The fraction of sp³-hybridized carbons (Fsp3) is 0.667. The summed E-state index contributed by atoms with van der Waals surface area (Å²) in [6, 6.07) is 4.80. The van der Waals surface area contributed by atoms with Crippen LogP contribution in [0.3, 0.4) is 0 Å². The molecule has 0 radical (unpaired) electrons. The summed E-state index contributed by atoms with van der Waals surface area (Å²) in [6.45, 7) is 7.76. The number of hydrogen-bond acceptors (Lipinski definition) is 6. The Morgan fingerprint density at radius 3 is 2.25 bits per heavy atom. The maximum Gasteiger partial charge on any atom is 0.203 e. The minimum Gasteiger partial charge on any atom is -0.493 e. The fourth-order valence-corrected chi connectivity index (χ4v) is 3.79. The zero-order chi connectivity index (χ0) is 16.9. The summed E-state index contributed by atoms with van der Waals surface area (Å²) in [7, 11) is 4.97. The van der Waals surface area contributed by atoms with Gasteiger partial charge in [0.2, 0.25) is 5.75 Å². The highest BCUT2D eigenvalue weighted by Crippen LogP contribution is 2.38. The van der Waals surface area contributed by atoms with E-state index >= 15 is 0 Å². The van der Waals surface area contributed by atoms with Crippen LogP contribution in [0.1, 0.15) is 12.0 Å². The van der Waals surface area contributed by atoms with E-state index in [9.17, 15) is 0 Å². The predicted octanol–water partition coefficient (Wildman–Crippen LogP) is 1.19. The van der Waals surface area contributed by atoms with Crippen LogP contribution in [-0.4, -0.2) is 76.4 Å². The molecule has 2 fully saturated rings. The van der Waals surface area contributed by atoms with E-state index in [-0.39, 0.29) is 0 Å². The van der Waals surface area contributed by atoms with Crippen LogP contribution in [0.2, 0.25) is 0 Å². The van der Waals surface area contributed by atoms with Gasteiger partial charge in [-0.05, 0) is 24.1 Å². The van der Waals surface area contributed by atoms with Crippen LogP contribution < -0.4 is 19.5 Å². The molecule has 1 N–H and O–H groups in total. The van der Waals surface area contributed by atoms with Crippen molar-refractivity contribution in [2.75, 3.05) is 60.6 Å². The first kappa shape index (κ1) is 17.3. The molecule has 0 amide bonds. The fourth-order valence-electron chi connectivity index (χ4n) is 3.79. The van der Waals surface area contributed by atoms with Crippen molar-refractivity contribution < 1.29 is 14.2 Å². The molecular formula is C18H29N3O3. The molecule has 2 aliphatic heterocycles. The quantitative estimate of drug-likeness (QED) is 0.843. The first-order valence-electron chi connectivity index (χ1n) is 8.71. The molecule has 2 saturated heterocycles. The van der Waals surface area contributed by atoms with Crippen molar-refractivity contribution >= 4 is 0 Å². The molecule has 1 atom stereocenters. The van der Waals surface area contributed by atoms with Crippen molar-refractivity contribution in [3.8, 4) is 17.2 Å². The standard InChI is InChI=1S/C18H29N3O3/c1-22-16-10-14(11-17(23-2)18(16)24-3)12-20-7-4-15(13-20)21-8-5-19-6-9-21/h10-11,15,19H,4-9,12-13H2,1-3H3. The molecule has 24 heavy (non-hydrogen) atoms. The molecule has 134 valence electrons. The minimum atomic E-state index is 0.656. The molecule has 0 aromatic heterocycles. The van der Waals surface area contributed by atoms with Crippen molar-refractivity contribution in [2.24, 2.45) is 0 Å². The number of hydrogen-bond donors (Lipinski definition) is 1. The second-order valence-electron chi connectivity index (χ2n) is 6.50. The summed E-state index contributed by atoms with van der Waals surface area (Å²) in [5, 5.41) is 3.43. The first-order chi connectivity index (χ1) is 11.7. The lowest BCUT2D eigenvalue weighted by molar-refractivity contribution is 0.170. The smallest absolute Gasteiger partial charge is 0.203 e. The lowest BCUT2D eigenvalue weighted by Crippen LogP contribution is -2.49. The Bertz CT molecular complexity index is 521. The minimum absolute atomic E-state index is 0.656. The number of piperazine rings is 1. The van der Waals surface area contributed by atoms with Crippen molar-refractivity contribution in [2.45, 2.75) is 19.0 Å². The number of methoxy groups -OCH3 is 3.